The van der Waals surface area contributed by atoms with Crippen LogP contribution in [0.25, 0.3) is 22.9 Å². The van der Waals surface area contributed by atoms with E-state index in [0.29, 0.717) is 22.9 Å². The Balaban J connectivity index is 1.71. The topological polar surface area (TPSA) is 71.2 Å². The summed E-state index contributed by atoms with van der Waals surface area (Å²) in [4.78, 5) is 18.6. The summed E-state index contributed by atoms with van der Waals surface area (Å²) in [6.07, 6.45) is 6.54. The maximum atomic E-state index is 12.2. The van der Waals surface area contributed by atoms with Crippen molar-refractivity contribution < 1.29 is 4.79 Å². The first kappa shape index (κ1) is 20.8. The van der Waals surface area contributed by atoms with Crippen LogP contribution in [-0.4, -0.2) is 43.0 Å². The first-order valence-corrected chi connectivity index (χ1v) is 9.86. The summed E-state index contributed by atoms with van der Waals surface area (Å²) in [5.41, 5.74) is 8.52. The number of benzene rings is 2. The zero-order valence-electron chi connectivity index (χ0n) is 16.7. The molecule has 3 N–H and O–H groups in total. The van der Waals surface area contributed by atoms with Gasteiger partial charge in [0.1, 0.15) is 5.82 Å². The lowest BCUT2D eigenvalue weighted by atomic mass is 10.0. The molecule has 0 saturated carbocycles. The van der Waals surface area contributed by atoms with Gasteiger partial charge in [-0.05, 0) is 62.3 Å². The number of halogens is 1. The Morgan fingerprint density at radius 2 is 1.93 bits per heavy atom. The molecule has 0 saturated heterocycles. The van der Waals surface area contributed by atoms with Crippen LogP contribution in [0.1, 0.15) is 27.9 Å². The van der Waals surface area contributed by atoms with Crippen molar-refractivity contribution in [2.24, 2.45) is 0 Å². The molecular weight excluding hydrogens is 384 g/mol. The molecule has 0 fully saturated rings. The summed E-state index contributed by atoms with van der Waals surface area (Å²) in [6.45, 7) is 1.61. The highest BCUT2D eigenvalue weighted by molar-refractivity contribution is 6.31. The number of nitrogens with one attached hydrogen (secondary N) is 1. The number of nitrogens with zero attached hydrogens (tertiary/aromatic N) is 2. The molecule has 0 aliphatic heterocycles. The minimum Gasteiger partial charge on any atom is -0.383 e. The highest BCUT2D eigenvalue weighted by atomic mass is 35.5. The molecular formula is C23H25ClN4O. The van der Waals surface area contributed by atoms with Gasteiger partial charge in [0.2, 0.25) is 0 Å². The Morgan fingerprint density at radius 3 is 2.66 bits per heavy atom. The maximum Gasteiger partial charge on any atom is 0.251 e. The van der Waals surface area contributed by atoms with E-state index in [1.54, 1.807) is 6.20 Å². The second kappa shape index (κ2) is 9.54. The summed E-state index contributed by atoms with van der Waals surface area (Å²) in [5.74, 6) is 0.390. The summed E-state index contributed by atoms with van der Waals surface area (Å²) in [6, 6.07) is 13.1. The van der Waals surface area contributed by atoms with Crippen LogP contribution in [0.5, 0.6) is 0 Å². The van der Waals surface area contributed by atoms with Crippen molar-refractivity contribution in [2.45, 2.75) is 6.42 Å². The standard InChI is InChI=1S/C23H25ClN4O/c1-28(2)13-3-12-26-23(29)17-7-4-16(5-8-17)6-11-20-21-14-19(24)10-9-18(21)15-27-22(20)25/h4-11,14-15H,3,12-13H2,1-2H3,(H2,25,27)(H,26,29)/b11-6+. The molecule has 0 atom stereocenters. The zero-order valence-corrected chi connectivity index (χ0v) is 17.4. The summed E-state index contributed by atoms with van der Waals surface area (Å²) < 4.78 is 0. The molecule has 5 nitrogen and oxygen atoms in total. The minimum absolute atomic E-state index is 0.0589. The molecule has 2 aromatic carbocycles. The monoisotopic (exact) mass is 408 g/mol. The Bertz CT molecular complexity index is 1020. The molecule has 1 aromatic heterocycles. The molecule has 150 valence electrons. The molecule has 6 heteroatoms. The maximum absolute atomic E-state index is 12.2. The van der Waals surface area contributed by atoms with Crippen molar-refractivity contribution in [3.8, 4) is 0 Å². The fraction of sp³-hybridized carbons (Fsp3) is 0.217. The fourth-order valence-electron chi connectivity index (χ4n) is 3.02. The smallest absolute Gasteiger partial charge is 0.251 e. The van der Waals surface area contributed by atoms with Crippen LogP contribution in [0.15, 0.2) is 48.7 Å². The van der Waals surface area contributed by atoms with Gasteiger partial charge in [-0.2, -0.15) is 0 Å². The number of nitrogen functional groups attached to an aromatic ring is 1. The molecule has 0 spiro atoms. The number of pyridine rings is 1. The van der Waals surface area contributed by atoms with Gasteiger partial charge >= 0.3 is 0 Å². The number of anilines is 1. The minimum atomic E-state index is -0.0589. The van der Waals surface area contributed by atoms with E-state index in [-0.39, 0.29) is 5.91 Å². The normalized spacial score (nSPS) is 11.4. The predicted octanol–water partition coefficient (Wildman–Crippen LogP) is 4.32. The van der Waals surface area contributed by atoms with Crippen molar-refractivity contribution in [1.29, 1.82) is 0 Å². The number of hydrogen-bond acceptors (Lipinski definition) is 4. The van der Waals surface area contributed by atoms with Crippen molar-refractivity contribution in [2.75, 3.05) is 32.9 Å². The van der Waals surface area contributed by atoms with Crippen LogP contribution in [0.4, 0.5) is 5.82 Å². The molecule has 0 bridgehead atoms. The molecule has 0 radical (unpaired) electrons. The SMILES string of the molecule is CN(C)CCCNC(=O)c1ccc(/C=C/c2c(N)ncc3ccc(Cl)cc23)cc1. The third-order valence-corrected chi connectivity index (χ3v) is 4.84. The lowest BCUT2D eigenvalue weighted by Crippen LogP contribution is -2.27. The first-order chi connectivity index (χ1) is 13.9. The van der Waals surface area contributed by atoms with E-state index < -0.39 is 0 Å². The van der Waals surface area contributed by atoms with Gasteiger partial charge in [-0.1, -0.05) is 42.0 Å². The first-order valence-electron chi connectivity index (χ1n) is 9.49. The van der Waals surface area contributed by atoms with E-state index in [1.165, 1.54) is 0 Å². The van der Waals surface area contributed by atoms with E-state index in [2.05, 4.69) is 15.2 Å². The van der Waals surface area contributed by atoms with Crippen LogP contribution in [0.3, 0.4) is 0 Å². The van der Waals surface area contributed by atoms with E-state index in [1.807, 2.05) is 68.7 Å². The average molecular weight is 409 g/mol. The lowest BCUT2D eigenvalue weighted by molar-refractivity contribution is 0.0952. The quantitative estimate of drug-likeness (QED) is 0.571. The Hall–Kier alpha value is -2.89. The van der Waals surface area contributed by atoms with Gasteiger partial charge in [-0.15, -0.1) is 0 Å². The highest BCUT2D eigenvalue weighted by Crippen LogP contribution is 2.27. The molecule has 1 heterocycles. The average Bonchev–Trinajstić information content (AvgIpc) is 2.70. The fourth-order valence-corrected chi connectivity index (χ4v) is 3.19. The van der Waals surface area contributed by atoms with Crippen LogP contribution >= 0.6 is 11.6 Å². The van der Waals surface area contributed by atoms with Crippen LogP contribution in [0, 0.1) is 0 Å². The number of aromatic nitrogens is 1. The number of nitrogens with two attached hydrogens (primary N) is 1. The third kappa shape index (κ3) is 5.56. The molecule has 1 amide bonds. The second-order valence-electron chi connectivity index (χ2n) is 7.16. The number of fused-ring (bicyclic) bond motifs is 1. The lowest BCUT2D eigenvalue weighted by Gasteiger charge is -2.10. The van der Waals surface area contributed by atoms with Gasteiger partial charge in [-0.3, -0.25) is 4.79 Å². The molecule has 0 aliphatic carbocycles. The van der Waals surface area contributed by atoms with Crippen molar-refractivity contribution in [3.05, 3.63) is 70.4 Å². The van der Waals surface area contributed by atoms with Gasteiger partial charge < -0.3 is 16.0 Å². The van der Waals surface area contributed by atoms with Crippen LogP contribution in [0.2, 0.25) is 5.02 Å². The number of amides is 1. The van der Waals surface area contributed by atoms with E-state index in [4.69, 9.17) is 17.3 Å². The van der Waals surface area contributed by atoms with E-state index in [9.17, 15) is 4.79 Å². The van der Waals surface area contributed by atoms with E-state index in [0.717, 1.165) is 34.9 Å². The van der Waals surface area contributed by atoms with E-state index >= 15 is 0 Å². The largest absolute Gasteiger partial charge is 0.383 e. The van der Waals surface area contributed by atoms with Gasteiger partial charge in [0.25, 0.3) is 5.91 Å². The van der Waals surface area contributed by atoms with Crippen LogP contribution < -0.4 is 11.1 Å². The number of hydrogen-bond donors (Lipinski definition) is 2. The summed E-state index contributed by atoms with van der Waals surface area (Å²) >= 11 is 6.14. The Kier molecular flexibility index (Phi) is 6.86. The zero-order chi connectivity index (χ0) is 20.8. The van der Waals surface area contributed by atoms with Gasteiger partial charge in [0.15, 0.2) is 0 Å². The van der Waals surface area contributed by atoms with Gasteiger partial charge in [0.05, 0.1) is 0 Å². The number of rotatable bonds is 7. The molecule has 3 aromatic rings. The Morgan fingerprint density at radius 1 is 1.17 bits per heavy atom. The van der Waals surface area contributed by atoms with Gasteiger partial charge in [0, 0.05) is 34.3 Å². The molecule has 3 rings (SSSR count). The van der Waals surface area contributed by atoms with Crippen molar-refractivity contribution in [1.82, 2.24) is 15.2 Å². The third-order valence-electron chi connectivity index (χ3n) is 4.61. The molecule has 29 heavy (non-hydrogen) atoms. The molecule has 0 aliphatic rings. The van der Waals surface area contributed by atoms with Crippen LogP contribution in [-0.2, 0) is 0 Å². The summed E-state index contributed by atoms with van der Waals surface area (Å²) in [7, 11) is 4.04. The van der Waals surface area contributed by atoms with Crippen molar-refractivity contribution >= 4 is 46.3 Å². The van der Waals surface area contributed by atoms with Crippen molar-refractivity contribution in [3.63, 3.8) is 0 Å². The molecule has 0 unspecified atom stereocenters. The predicted molar refractivity (Wildman–Crippen MR) is 122 cm³/mol. The Labute approximate surface area is 176 Å². The highest BCUT2D eigenvalue weighted by Gasteiger charge is 2.06. The van der Waals surface area contributed by atoms with Gasteiger partial charge in [-0.25, -0.2) is 4.98 Å². The number of carbonyl (C=O) groups excluding carboxylic acids is 1. The number of carbonyl (C=O) groups is 1. The second-order valence-corrected chi connectivity index (χ2v) is 7.59. The summed E-state index contributed by atoms with van der Waals surface area (Å²) in [5, 5.41) is 5.53.